The monoisotopic (exact) mass is 342 g/mol. The molecule has 0 atom stereocenters. The second-order valence-electron chi connectivity index (χ2n) is 5.52. The Morgan fingerprint density at radius 3 is 2.64 bits per heavy atom. The van der Waals surface area contributed by atoms with Crippen LogP contribution in [-0.4, -0.2) is 30.4 Å². The SMILES string of the molecule is CCS(=O)(=O)c1ccc(O)c(NC(=S)NC2CCCCC2)c1. The first-order valence-corrected chi connectivity index (χ1v) is 9.61. The first-order valence-electron chi connectivity index (χ1n) is 7.55. The Labute approximate surface area is 137 Å². The van der Waals surface area contributed by atoms with Crippen LogP contribution < -0.4 is 10.6 Å². The Morgan fingerprint density at radius 1 is 1.32 bits per heavy atom. The maximum absolute atomic E-state index is 11.9. The number of sulfone groups is 1. The number of thiocarbonyl (C=S) groups is 1. The molecule has 1 saturated carbocycles. The van der Waals surface area contributed by atoms with E-state index in [-0.39, 0.29) is 16.4 Å². The number of phenols is 1. The zero-order chi connectivity index (χ0) is 16.2. The molecule has 2 rings (SSSR count). The smallest absolute Gasteiger partial charge is 0.178 e. The standard InChI is InChI=1S/C15H22N2O3S2/c1-2-22(19,20)12-8-9-14(18)13(10-12)17-15(21)16-11-6-4-3-5-7-11/h8-11,18H,2-7H2,1H3,(H2,16,17,21). The Kier molecular flexibility index (Phi) is 5.63. The van der Waals surface area contributed by atoms with Crippen molar-refractivity contribution in [3.05, 3.63) is 18.2 Å². The van der Waals surface area contributed by atoms with Crippen molar-refractivity contribution in [2.45, 2.75) is 50.0 Å². The van der Waals surface area contributed by atoms with Crippen LogP contribution in [0.1, 0.15) is 39.0 Å². The van der Waals surface area contributed by atoms with E-state index in [1.54, 1.807) is 6.92 Å². The van der Waals surface area contributed by atoms with Gasteiger partial charge in [-0.1, -0.05) is 26.2 Å². The quantitative estimate of drug-likeness (QED) is 0.577. The average molecular weight is 342 g/mol. The van der Waals surface area contributed by atoms with Gasteiger partial charge >= 0.3 is 0 Å². The summed E-state index contributed by atoms with van der Waals surface area (Å²) in [4.78, 5) is 0.177. The molecule has 0 unspecified atom stereocenters. The number of rotatable bonds is 4. The molecule has 0 bridgehead atoms. The van der Waals surface area contributed by atoms with E-state index in [9.17, 15) is 13.5 Å². The summed E-state index contributed by atoms with van der Waals surface area (Å²) >= 11 is 5.26. The maximum atomic E-state index is 11.9. The highest BCUT2D eigenvalue weighted by Crippen LogP contribution is 2.27. The summed E-state index contributed by atoms with van der Waals surface area (Å²) in [5.74, 6) is -0.00928. The average Bonchev–Trinajstić information content (AvgIpc) is 2.50. The van der Waals surface area contributed by atoms with Gasteiger partial charge in [-0.05, 0) is 43.3 Å². The van der Waals surface area contributed by atoms with Gasteiger partial charge in [0.25, 0.3) is 0 Å². The van der Waals surface area contributed by atoms with Crippen molar-refractivity contribution in [1.29, 1.82) is 0 Å². The van der Waals surface area contributed by atoms with E-state index < -0.39 is 9.84 Å². The highest BCUT2D eigenvalue weighted by molar-refractivity contribution is 7.91. The summed E-state index contributed by atoms with van der Waals surface area (Å²) in [6, 6.07) is 4.53. The number of aromatic hydroxyl groups is 1. The molecule has 1 aliphatic carbocycles. The molecule has 3 N–H and O–H groups in total. The van der Waals surface area contributed by atoms with Gasteiger partial charge in [-0.3, -0.25) is 0 Å². The molecule has 1 fully saturated rings. The van der Waals surface area contributed by atoms with Crippen LogP contribution in [0.4, 0.5) is 5.69 Å². The molecule has 0 saturated heterocycles. The van der Waals surface area contributed by atoms with Gasteiger partial charge in [0, 0.05) is 6.04 Å². The lowest BCUT2D eigenvalue weighted by Crippen LogP contribution is -2.38. The summed E-state index contributed by atoms with van der Waals surface area (Å²) in [5.41, 5.74) is 0.308. The predicted octanol–water partition coefficient (Wildman–Crippen LogP) is 2.80. The van der Waals surface area contributed by atoms with Crippen molar-refractivity contribution in [3.8, 4) is 5.75 Å². The van der Waals surface area contributed by atoms with E-state index in [4.69, 9.17) is 12.2 Å². The summed E-state index contributed by atoms with van der Waals surface area (Å²) in [6.45, 7) is 1.59. The molecule has 0 radical (unpaired) electrons. The van der Waals surface area contributed by atoms with E-state index in [0.29, 0.717) is 16.8 Å². The second-order valence-corrected chi connectivity index (χ2v) is 8.20. The van der Waals surface area contributed by atoms with Crippen LogP contribution >= 0.6 is 12.2 Å². The van der Waals surface area contributed by atoms with Crippen molar-refractivity contribution in [2.24, 2.45) is 0 Å². The molecule has 5 nitrogen and oxygen atoms in total. The molecule has 122 valence electrons. The first kappa shape index (κ1) is 17.0. The Hall–Kier alpha value is -1.34. The Morgan fingerprint density at radius 2 is 2.00 bits per heavy atom. The lowest BCUT2D eigenvalue weighted by Gasteiger charge is -2.24. The van der Waals surface area contributed by atoms with Crippen LogP contribution in [0.3, 0.4) is 0 Å². The molecule has 0 aliphatic heterocycles. The molecule has 0 amide bonds. The van der Waals surface area contributed by atoms with Gasteiger partial charge in [-0.25, -0.2) is 8.42 Å². The topological polar surface area (TPSA) is 78.4 Å². The number of phenolic OH excluding ortho intramolecular Hbond substituents is 1. The van der Waals surface area contributed by atoms with Gasteiger partial charge in [0.05, 0.1) is 16.3 Å². The van der Waals surface area contributed by atoms with Crippen LogP contribution in [0.2, 0.25) is 0 Å². The molecule has 1 aromatic rings. The summed E-state index contributed by atoms with van der Waals surface area (Å²) in [5, 5.41) is 16.4. The Balaban J connectivity index is 2.08. The molecule has 0 spiro atoms. The molecule has 0 aromatic heterocycles. The van der Waals surface area contributed by atoms with Crippen molar-refractivity contribution in [1.82, 2.24) is 5.32 Å². The molecular formula is C15H22N2O3S2. The minimum absolute atomic E-state index is 0.0159. The van der Waals surface area contributed by atoms with Crippen LogP contribution in [0.25, 0.3) is 0 Å². The molecule has 1 aromatic carbocycles. The lowest BCUT2D eigenvalue weighted by molar-refractivity contribution is 0.414. The van der Waals surface area contributed by atoms with Gasteiger partial charge in [-0.2, -0.15) is 0 Å². The predicted molar refractivity (Wildman–Crippen MR) is 92.1 cm³/mol. The third kappa shape index (κ3) is 4.33. The van der Waals surface area contributed by atoms with E-state index in [1.807, 2.05) is 0 Å². The van der Waals surface area contributed by atoms with Gasteiger partial charge in [-0.15, -0.1) is 0 Å². The van der Waals surface area contributed by atoms with Gasteiger partial charge in [0.1, 0.15) is 5.75 Å². The minimum Gasteiger partial charge on any atom is -0.506 e. The third-order valence-electron chi connectivity index (χ3n) is 3.90. The van der Waals surface area contributed by atoms with Gasteiger partial charge in [0.2, 0.25) is 0 Å². The first-order chi connectivity index (χ1) is 10.4. The zero-order valence-corrected chi connectivity index (χ0v) is 14.3. The Bertz CT molecular complexity index is 638. The van der Waals surface area contributed by atoms with E-state index in [0.717, 1.165) is 12.8 Å². The van der Waals surface area contributed by atoms with Gasteiger partial charge < -0.3 is 15.7 Å². The normalized spacial score (nSPS) is 16.2. The number of hydrogen-bond acceptors (Lipinski definition) is 4. The van der Waals surface area contributed by atoms with Crippen molar-refractivity contribution < 1.29 is 13.5 Å². The van der Waals surface area contributed by atoms with E-state index >= 15 is 0 Å². The summed E-state index contributed by atoms with van der Waals surface area (Å²) < 4.78 is 23.8. The fraction of sp³-hybridized carbons (Fsp3) is 0.533. The van der Waals surface area contributed by atoms with Crippen molar-refractivity contribution >= 4 is 32.9 Å². The van der Waals surface area contributed by atoms with Crippen LogP contribution in [-0.2, 0) is 9.84 Å². The maximum Gasteiger partial charge on any atom is 0.178 e. The fourth-order valence-corrected chi connectivity index (χ4v) is 3.75. The molecule has 22 heavy (non-hydrogen) atoms. The molecular weight excluding hydrogens is 320 g/mol. The summed E-state index contributed by atoms with van der Waals surface area (Å²) in [7, 11) is -3.32. The second kappa shape index (κ2) is 7.28. The molecule has 1 aliphatic rings. The lowest BCUT2D eigenvalue weighted by atomic mass is 9.96. The molecule has 0 heterocycles. The van der Waals surface area contributed by atoms with Crippen LogP contribution in [0.15, 0.2) is 23.1 Å². The van der Waals surface area contributed by atoms with Crippen LogP contribution in [0.5, 0.6) is 5.75 Å². The summed E-state index contributed by atoms with van der Waals surface area (Å²) in [6.07, 6.45) is 5.80. The zero-order valence-electron chi connectivity index (χ0n) is 12.6. The van der Waals surface area contributed by atoms with Crippen LogP contribution in [0, 0.1) is 0 Å². The fourth-order valence-electron chi connectivity index (χ4n) is 2.57. The van der Waals surface area contributed by atoms with Gasteiger partial charge in [0.15, 0.2) is 14.9 Å². The van der Waals surface area contributed by atoms with E-state index in [2.05, 4.69) is 10.6 Å². The van der Waals surface area contributed by atoms with Crippen molar-refractivity contribution in [3.63, 3.8) is 0 Å². The highest BCUT2D eigenvalue weighted by atomic mass is 32.2. The minimum atomic E-state index is -3.32. The van der Waals surface area contributed by atoms with E-state index in [1.165, 1.54) is 37.5 Å². The largest absolute Gasteiger partial charge is 0.506 e. The highest BCUT2D eigenvalue weighted by Gasteiger charge is 2.17. The third-order valence-corrected chi connectivity index (χ3v) is 5.85. The number of benzene rings is 1. The number of nitrogens with one attached hydrogen (secondary N) is 2. The van der Waals surface area contributed by atoms with Crippen molar-refractivity contribution in [2.75, 3.05) is 11.1 Å². The number of anilines is 1. The molecule has 7 heteroatoms. The number of hydrogen-bond donors (Lipinski definition) is 3.